The van der Waals surface area contributed by atoms with E-state index < -0.39 is 23.6 Å². The fourth-order valence-electron chi connectivity index (χ4n) is 5.81. The Labute approximate surface area is 245 Å². The van der Waals surface area contributed by atoms with Gasteiger partial charge in [-0.15, -0.1) is 11.3 Å². The van der Waals surface area contributed by atoms with Crippen molar-refractivity contribution in [3.05, 3.63) is 65.5 Å². The highest BCUT2D eigenvalue weighted by atomic mass is 32.1. The predicted octanol–water partition coefficient (Wildman–Crippen LogP) is 4.94. The molecule has 2 aliphatic rings. The van der Waals surface area contributed by atoms with Crippen LogP contribution in [0.25, 0.3) is 37.1 Å². The van der Waals surface area contributed by atoms with Crippen LogP contribution in [-0.2, 0) is 4.79 Å². The number of piperazine rings is 1. The first kappa shape index (κ1) is 27.9. The van der Waals surface area contributed by atoms with Gasteiger partial charge in [0.1, 0.15) is 29.7 Å². The minimum absolute atomic E-state index is 0.0304. The number of halogens is 2. The molecule has 5 heterocycles. The number of benzene rings is 1. The summed E-state index contributed by atoms with van der Waals surface area (Å²) < 4.78 is 37.2. The van der Waals surface area contributed by atoms with Gasteiger partial charge in [0, 0.05) is 47.5 Å². The molecule has 0 aliphatic carbocycles. The number of aromatic nitrogens is 3. The van der Waals surface area contributed by atoms with Gasteiger partial charge in [-0.1, -0.05) is 18.7 Å². The van der Waals surface area contributed by atoms with Gasteiger partial charge >= 0.3 is 6.01 Å². The van der Waals surface area contributed by atoms with Gasteiger partial charge < -0.3 is 24.3 Å². The number of anilines is 1. The van der Waals surface area contributed by atoms with Crippen LogP contribution in [0.5, 0.6) is 6.01 Å². The van der Waals surface area contributed by atoms with Crippen LogP contribution < -0.4 is 9.64 Å². The zero-order valence-electron chi connectivity index (χ0n) is 23.1. The summed E-state index contributed by atoms with van der Waals surface area (Å²) in [6.07, 6.45) is 3.62. The van der Waals surface area contributed by atoms with Crippen molar-refractivity contribution >= 4 is 44.1 Å². The van der Waals surface area contributed by atoms with Crippen LogP contribution in [0.3, 0.4) is 0 Å². The summed E-state index contributed by atoms with van der Waals surface area (Å²) in [5, 5.41) is 3.25. The van der Waals surface area contributed by atoms with Gasteiger partial charge in [0.2, 0.25) is 6.54 Å². The number of hydrogen-bond acceptors (Lipinski definition) is 8. The number of hydrogen-bond donors (Lipinski definition) is 0. The summed E-state index contributed by atoms with van der Waals surface area (Å²) >= 11 is 1.57. The van der Waals surface area contributed by atoms with E-state index in [0.29, 0.717) is 23.4 Å². The molecule has 1 amide bonds. The molecule has 2 saturated heterocycles. The second-order valence-electron chi connectivity index (χ2n) is 10.6. The third kappa shape index (κ3) is 5.14. The van der Waals surface area contributed by atoms with Crippen LogP contribution in [-0.4, -0.2) is 89.1 Å². The topological polar surface area (TPSA) is 79.1 Å². The minimum atomic E-state index is -1.07. The maximum absolute atomic E-state index is 16.4. The van der Waals surface area contributed by atoms with Gasteiger partial charge in [0.25, 0.3) is 5.91 Å². The summed E-state index contributed by atoms with van der Waals surface area (Å²) in [5.41, 5.74) is 0.920. The van der Waals surface area contributed by atoms with E-state index >= 15 is 4.39 Å². The first-order valence-electron chi connectivity index (χ1n) is 13.7. The van der Waals surface area contributed by atoms with Crippen molar-refractivity contribution < 1.29 is 18.3 Å². The highest BCUT2D eigenvalue weighted by Gasteiger charge is 2.35. The maximum atomic E-state index is 16.4. The van der Waals surface area contributed by atoms with Gasteiger partial charge in [-0.05, 0) is 43.9 Å². The Morgan fingerprint density at radius 2 is 2.07 bits per heavy atom. The quantitative estimate of drug-likeness (QED) is 0.223. The Bertz CT molecular complexity index is 1720. The largest absolute Gasteiger partial charge is 0.462 e. The molecule has 9 nitrogen and oxygen atoms in total. The molecule has 6 rings (SSSR count). The summed E-state index contributed by atoms with van der Waals surface area (Å²) in [4.78, 5) is 35.1. The van der Waals surface area contributed by atoms with E-state index in [1.165, 1.54) is 4.90 Å². The second kappa shape index (κ2) is 11.6. The number of nitrogens with zero attached hydrogens (tertiary/aromatic N) is 7. The fraction of sp³-hybridized carbons (Fsp3) is 0.367. The number of thiophene rings is 1. The number of likely N-dealkylation sites (N-methyl/N-ethyl adjacent to an activating group) is 1. The minimum Gasteiger partial charge on any atom is -0.462 e. The first-order valence-corrected chi connectivity index (χ1v) is 14.6. The molecule has 0 unspecified atom stereocenters. The monoisotopic (exact) mass is 589 g/mol. The van der Waals surface area contributed by atoms with E-state index in [1.54, 1.807) is 17.5 Å². The molecular weight excluding hydrogens is 560 g/mol. The van der Waals surface area contributed by atoms with Gasteiger partial charge in [-0.3, -0.25) is 9.78 Å². The molecule has 0 N–H and O–H groups in total. The number of carbonyl (C=O) groups is 1. The molecule has 3 aromatic heterocycles. The van der Waals surface area contributed by atoms with Crippen LogP contribution >= 0.6 is 11.3 Å². The van der Waals surface area contributed by atoms with Crippen molar-refractivity contribution in [3.8, 4) is 17.3 Å². The van der Waals surface area contributed by atoms with Crippen LogP contribution in [0.2, 0.25) is 0 Å². The van der Waals surface area contributed by atoms with E-state index in [-0.39, 0.29) is 49.4 Å². The third-order valence-corrected chi connectivity index (χ3v) is 8.93. The number of amides is 1. The number of ether oxygens (including phenoxy) is 1. The van der Waals surface area contributed by atoms with E-state index in [4.69, 9.17) is 16.3 Å². The molecule has 0 radical (unpaired) electrons. The molecule has 0 spiro atoms. The molecule has 0 saturated carbocycles. The Kier molecular flexibility index (Phi) is 7.70. The predicted molar refractivity (Wildman–Crippen MR) is 159 cm³/mol. The molecular formula is C30H29F2N7O2S. The van der Waals surface area contributed by atoms with Gasteiger partial charge in [-0.25, -0.2) is 15.4 Å². The zero-order valence-corrected chi connectivity index (χ0v) is 23.9. The highest BCUT2D eigenvalue weighted by molar-refractivity contribution is 7.17. The number of pyridine rings is 1. The lowest BCUT2D eigenvalue weighted by atomic mass is 10.1. The van der Waals surface area contributed by atoms with Crippen molar-refractivity contribution in [3.63, 3.8) is 0 Å². The van der Waals surface area contributed by atoms with Gasteiger partial charge in [0.05, 0.1) is 5.39 Å². The van der Waals surface area contributed by atoms with Crippen molar-refractivity contribution in [2.45, 2.75) is 24.9 Å². The SMILES string of the molecule is [C-]#[N+]C[C@H]1CN(c2nc(OC[C@@H]3CCCN3C)nc3c(F)c(-c4cccc5sccc45)ncc23)CCN1C(=O)C(=C)F. The van der Waals surface area contributed by atoms with E-state index in [2.05, 4.69) is 26.3 Å². The number of rotatable bonds is 7. The van der Waals surface area contributed by atoms with Crippen molar-refractivity contribution in [1.82, 2.24) is 24.8 Å². The van der Waals surface area contributed by atoms with E-state index in [1.807, 2.05) is 41.6 Å². The third-order valence-electron chi connectivity index (χ3n) is 8.05. The Morgan fingerprint density at radius 1 is 1.21 bits per heavy atom. The Hall–Kier alpha value is -4.21. The fourth-order valence-corrected chi connectivity index (χ4v) is 6.62. The normalized spacial score (nSPS) is 19.4. The average Bonchev–Trinajstić information content (AvgIpc) is 3.64. The van der Waals surface area contributed by atoms with Crippen LogP contribution in [0.15, 0.2) is 48.2 Å². The van der Waals surface area contributed by atoms with Crippen LogP contribution in [0.1, 0.15) is 12.8 Å². The van der Waals surface area contributed by atoms with Crippen LogP contribution in [0.4, 0.5) is 14.6 Å². The summed E-state index contributed by atoms with van der Waals surface area (Å²) in [7, 11) is 2.04. The molecule has 42 heavy (non-hydrogen) atoms. The summed E-state index contributed by atoms with van der Waals surface area (Å²) in [6.45, 7) is 12.4. The molecule has 2 atom stereocenters. The number of fused-ring (bicyclic) bond motifs is 2. The zero-order chi connectivity index (χ0) is 29.4. The van der Waals surface area contributed by atoms with Gasteiger partial charge in [-0.2, -0.15) is 9.97 Å². The van der Waals surface area contributed by atoms with E-state index in [9.17, 15) is 9.18 Å². The Morgan fingerprint density at radius 3 is 2.83 bits per heavy atom. The maximum Gasteiger partial charge on any atom is 0.319 e. The molecule has 12 heteroatoms. The second-order valence-corrected chi connectivity index (χ2v) is 11.5. The molecule has 216 valence electrons. The molecule has 1 aromatic carbocycles. The lowest BCUT2D eigenvalue weighted by Crippen LogP contribution is -2.56. The first-order chi connectivity index (χ1) is 20.4. The number of likely N-dealkylation sites (tertiary alicyclic amines) is 1. The summed E-state index contributed by atoms with van der Waals surface area (Å²) in [6, 6.07) is 7.28. The van der Waals surface area contributed by atoms with Crippen molar-refractivity contribution in [2.75, 3.05) is 51.3 Å². The average molecular weight is 590 g/mol. The molecule has 4 aromatic rings. The van der Waals surface area contributed by atoms with Crippen molar-refractivity contribution in [1.29, 1.82) is 0 Å². The van der Waals surface area contributed by atoms with Crippen LogP contribution in [0, 0.1) is 12.4 Å². The summed E-state index contributed by atoms with van der Waals surface area (Å²) in [5.74, 6) is -2.10. The smallest absolute Gasteiger partial charge is 0.319 e. The lowest BCUT2D eigenvalue weighted by Gasteiger charge is -2.39. The van der Waals surface area contributed by atoms with Gasteiger partial charge in [0.15, 0.2) is 11.6 Å². The molecule has 2 aliphatic heterocycles. The highest BCUT2D eigenvalue weighted by Crippen LogP contribution is 2.36. The number of carbonyl (C=O) groups excluding carboxylic acids is 1. The lowest BCUT2D eigenvalue weighted by molar-refractivity contribution is -0.131. The van der Waals surface area contributed by atoms with Crippen molar-refractivity contribution in [2.24, 2.45) is 0 Å². The Balaban J connectivity index is 1.43. The van der Waals surface area contributed by atoms with E-state index in [0.717, 1.165) is 29.5 Å². The standard InChI is InChI=1S/C30H29F2N7O2S/c1-18(31)29(40)39-12-11-38(16-20(39)14-33-2)28-23-15-34-26(22-7-4-8-24-21(22)9-13-42-24)25(32)27(23)35-30(36-28)41-17-19-6-5-10-37(19)3/h4,7-9,13,15,19-20H,1,5-6,10-12,14,16-17H2,3H3/t19-,20-/m0/s1. The molecule has 2 fully saturated rings. The molecule has 0 bridgehead atoms.